The van der Waals surface area contributed by atoms with Gasteiger partial charge >= 0.3 is 5.97 Å². The van der Waals surface area contributed by atoms with Gasteiger partial charge in [-0.25, -0.2) is 4.79 Å². The molecule has 0 amide bonds. The van der Waals surface area contributed by atoms with Crippen LogP contribution in [0.4, 0.5) is 0 Å². The molecule has 5 aliphatic rings. The van der Waals surface area contributed by atoms with Crippen LogP contribution in [0.3, 0.4) is 0 Å². The Morgan fingerprint density at radius 1 is 1.15 bits per heavy atom. The van der Waals surface area contributed by atoms with Crippen LogP contribution in [0, 0.1) is 40.4 Å². The van der Waals surface area contributed by atoms with E-state index in [0.29, 0.717) is 54.3 Å². The second-order valence-corrected chi connectivity index (χ2v) is 12.1. The highest BCUT2D eigenvalue weighted by atomic mass is 16.5. The molecule has 0 bridgehead atoms. The van der Waals surface area contributed by atoms with Gasteiger partial charge in [-0.1, -0.05) is 25.5 Å². The molecule has 0 spiro atoms. The standard InChI is InChI=1S/C28H40O5/c1-15-13-24(33-26(32)18(15)14-29)16(2)19-7-8-20-17-5-6-22-23(30)9-10-25(31)28(22,4)21(17)11-12-27(19,20)3/h6,16-17,19-21,23-24,29-30H,5,7-14H2,1-4H3. The van der Waals surface area contributed by atoms with E-state index in [9.17, 15) is 19.8 Å². The van der Waals surface area contributed by atoms with Crippen molar-refractivity contribution in [3.63, 3.8) is 0 Å². The lowest BCUT2D eigenvalue weighted by atomic mass is 9.46. The number of esters is 1. The van der Waals surface area contributed by atoms with Gasteiger partial charge in [0.05, 0.1) is 23.7 Å². The predicted octanol–water partition coefficient (Wildman–Crippen LogP) is 4.37. The number of ether oxygens (including phenoxy) is 1. The molecule has 3 saturated carbocycles. The Balaban J connectivity index is 1.40. The van der Waals surface area contributed by atoms with Crippen LogP contribution in [0.1, 0.15) is 79.1 Å². The fourth-order valence-corrected chi connectivity index (χ4v) is 9.06. The Hall–Kier alpha value is -1.46. The zero-order valence-corrected chi connectivity index (χ0v) is 20.6. The maximum absolute atomic E-state index is 13.2. The summed E-state index contributed by atoms with van der Waals surface area (Å²) >= 11 is 0. The van der Waals surface area contributed by atoms with Gasteiger partial charge in [0.1, 0.15) is 11.9 Å². The zero-order chi connectivity index (χ0) is 23.7. The van der Waals surface area contributed by atoms with Crippen molar-refractivity contribution in [2.24, 2.45) is 40.4 Å². The lowest BCUT2D eigenvalue weighted by molar-refractivity contribution is -0.152. The van der Waals surface area contributed by atoms with Gasteiger partial charge in [0.2, 0.25) is 0 Å². The minimum atomic E-state index is -0.493. The molecule has 9 unspecified atom stereocenters. The summed E-state index contributed by atoms with van der Waals surface area (Å²) in [5.74, 6) is 2.10. The average molecular weight is 457 g/mol. The molecule has 0 radical (unpaired) electrons. The molecule has 2 N–H and O–H groups in total. The molecular formula is C28H40O5. The van der Waals surface area contributed by atoms with E-state index in [1.807, 2.05) is 6.92 Å². The molecule has 1 aliphatic heterocycles. The number of cyclic esters (lactones) is 1. The van der Waals surface area contributed by atoms with E-state index >= 15 is 0 Å². The highest BCUT2D eigenvalue weighted by molar-refractivity contribution is 5.90. The lowest BCUT2D eigenvalue weighted by Gasteiger charge is -2.58. The van der Waals surface area contributed by atoms with Crippen LogP contribution in [0.5, 0.6) is 0 Å². The van der Waals surface area contributed by atoms with Crippen LogP contribution in [-0.4, -0.2) is 40.8 Å². The van der Waals surface area contributed by atoms with Gasteiger partial charge in [0.15, 0.2) is 0 Å². The molecule has 5 heteroatoms. The molecule has 5 rings (SSSR count). The summed E-state index contributed by atoms with van der Waals surface area (Å²) in [5.41, 5.74) is 2.07. The third-order valence-corrected chi connectivity index (χ3v) is 11.0. The number of aliphatic hydroxyl groups is 2. The Kier molecular flexibility index (Phi) is 5.68. The summed E-state index contributed by atoms with van der Waals surface area (Å²) in [4.78, 5) is 25.6. The fraction of sp³-hybridized carbons (Fsp3) is 0.786. The van der Waals surface area contributed by atoms with Gasteiger partial charge in [-0.05, 0) is 93.0 Å². The van der Waals surface area contributed by atoms with E-state index in [1.165, 1.54) is 6.42 Å². The van der Waals surface area contributed by atoms with Crippen molar-refractivity contribution in [3.05, 3.63) is 22.8 Å². The summed E-state index contributed by atoms with van der Waals surface area (Å²) < 4.78 is 5.84. The van der Waals surface area contributed by atoms with Crippen molar-refractivity contribution >= 4 is 11.8 Å². The average Bonchev–Trinajstić information content (AvgIpc) is 3.13. The van der Waals surface area contributed by atoms with Gasteiger partial charge in [0, 0.05) is 12.8 Å². The van der Waals surface area contributed by atoms with Gasteiger partial charge in [-0.2, -0.15) is 0 Å². The molecule has 4 aliphatic carbocycles. The van der Waals surface area contributed by atoms with Gasteiger partial charge in [0.25, 0.3) is 0 Å². The number of allylic oxidation sites excluding steroid dienone is 1. The minimum Gasteiger partial charge on any atom is -0.458 e. The second-order valence-electron chi connectivity index (χ2n) is 12.1. The number of fused-ring (bicyclic) bond motifs is 5. The third kappa shape index (κ3) is 3.25. The van der Waals surface area contributed by atoms with E-state index < -0.39 is 11.5 Å². The van der Waals surface area contributed by atoms with Crippen molar-refractivity contribution in [3.8, 4) is 0 Å². The summed E-state index contributed by atoms with van der Waals surface area (Å²) in [6.07, 6.45) is 8.82. The topological polar surface area (TPSA) is 83.8 Å². The molecule has 9 atom stereocenters. The number of rotatable bonds is 3. The molecule has 5 nitrogen and oxygen atoms in total. The van der Waals surface area contributed by atoms with Crippen LogP contribution >= 0.6 is 0 Å². The first-order valence-corrected chi connectivity index (χ1v) is 13.0. The molecular weight excluding hydrogens is 416 g/mol. The number of aliphatic hydroxyl groups excluding tert-OH is 2. The first kappa shape index (κ1) is 23.3. The summed E-state index contributed by atoms with van der Waals surface area (Å²) in [5, 5.41) is 20.2. The van der Waals surface area contributed by atoms with Crippen LogP contribution in [0.25, 0.3) is 0 Å². The van der Waals surface area contributed by atoms with Crippen molar-refractivity contribution < 1.29 is 24.5 Å². The molecule has 33 heavy (non-hydrogen) atoms. The number of Topliss-reactive ketones (excluding diaryl/α,β-unsaturated/α-hetero) is 1. The summed E-state index contributed by atoms with van der Waals surface area (Å²) in [6, 6.07) is 0. The minimum absolute atomic E-state index is 0.128. The summed E-state index contributed by atoms with van der Waals surface area (Å²) in [7, 11) is 0. The van der Waals surface area contributed by atoms with E-state index in [2.05, 4.69) is 26.8 Å². The van der Waals surface area contributed by atoms with Crippen LogP contribution < -0.4 is 0 Å². The summed E-state index contributed by atoms with van der Waals surface area (Å²) in [6.45, 7) is 8.51. The Morgan fingerprint density at radius 2 is 1.91 bits per heavy atom. The number of carbonyl (C=O) groups excluding carboxylic acids is 2. The van der Waals surface area contributed by atoms with Crippen LogP contribution in [-0.2, 0) is 14.3 Å². The van der Waals surface area contributed by atoms with Gasteiger partial charge < -0.3 is 14.9 Å². The molecule has 1 heterocycles. The highest BCUT2D eigenvalue weighted by Gasteiger charge is 2.62. The molecule has 0 aromatic rings. The van der Waals surface area contributed by atoms with Crippen molar-refractivity contribution in [1.29, 1.82) is 0 Å². The predicted molar refractivity (Wildman–Crippen MR) is 125 cm³/mol. The second kappa shape index (κ2) is 8.05. The molecule has 0 aromatic heterocycles. The monoisotopic (exact) mass is 456 g/mol. The van der Waals surface area contributed by atoms with E-state index in [4.69, 9.17) is 4.74 Å². The van der Waals surface area contributed by atoms with E-state index in [0.717, 1.165) is 36.8 Å². The molecule has 0 aromatic carbocycles. The SMILES string of the molecule is CC1=C(CO)C(=O)OC(C(C)C2CCC3C4CC=C5C(O)CCC(=O)C5(C)C4CCC23C)C1. The van der Waals surface area contributed by atoms with E-state index in [1.54, 1.807) is 0 Å². The number of hydrogen-bond donors (Lipinski definition) is 2. The normalized spacial score (nSPS) is 46.2. The third-order valence-electron chi connectivity index (χ3n) is 11.0. The highest BCUT2D eigenvalue weighted by Crippen LogP contribution is 2.67. The smallest absolute Gasteiger partial charge is 0.336 e. The van der Waals surface area contributed by atoms with Crippen molar-refractivity contribution in [1.82, 2.24) is 0 Å². The fourth-order valence-electron chi connectivity index (χ4n) is 9.06. The largest absolute Gasteiger partial charge is 0.458 e. The lowest BCUT2D eigenvalue weighted by Crippen LogP contribution is -2.55. The van der Waals surface area contributed by atoms with Crippen molar-refractivity contribution in [2.75, 3.05) is 6.61 Å². The zero-order valence-electron chi connectivity index (χ0n) is 20.6. The molecule has 0 saturated heterocycles. The molecule has 3 fully saturated rings. The van der Waals surface area contributed by atoms with Gasteiger partial charge in [-0.15, -0.1) is 0 Å². The van der Waals surface area contributed by atoms with Gasteiger partial charge in [-0.3, -0.25) is 4.79 Å². The van der Waals surface area contributed by atoms with Crippen LogP contribution in [0.15, 0.2) is 22.8 Å². The first-order chi connectivity index (χ1) is 15.6. The number of hydrogen-bond acceptors (Lipinski definition) is 5. The quantitative estimate of drug-likeness (QED) is 0.487. The maximum Gasteiger partial charge on any atom is 0.336 e. The Bertz CT molecular complexity index is 917. The Morgan fingerprint density at radius 3 is 2.61 bits per heavy atom. The first-order valence-electron chi connectivity index (χ1n) is 13.0. The van der Waals surface area contributed by atoms with Crippen LogP contribution in [0.2, 0.25) is 0 Å². The molecule has 182 valence electrons. The maximum atomic E-state index is 13.2. The number of ketones is 1. The number of carbonyl (C=O) groups is 2. The van der Waals surface area contributed by atoms with E-state index in [-0.39, 0.29) is 30.0 Å². The Labute approximate surface area is 197 Å². The van der Waals surface area contributed by atoms with Crippen molar-refractivity contribution in [2.45, 2.75) is 91.3 Å².